The molecule has 1 unspecified atom stereocenters. The van der Waals surface area contributed by atoms with Crippen molar-refractivity contribution in [2.24, 2.45) is 17.1 Å². The fraction of sp³-hybridized carbons (Fsp3) is 0.923. The van der Waals surface area contributed by atoms with Gasteiger partial charge in [0.05, 0.1) is 5.41 Å². The molecule has 1 aliphatic rings. The second-order valence-corrected chi connectivity index (χ2v) is 5.27. The van der Waals surface area contributed by atoms with Gasteiger partial charge in [0.15, 0.2) is 0 Å². The van der Waals surface area contributed by atoms with E-state index in [1.165, 1.54) is 6.42 Å². The van der Waals surface area contributed by atoms with Crippen LogP contribution in [0.25, 0.3) is 0 Å². The second-order valence-electron chi connectivity index (χ2n) is 5.27. The molecule has 0 radical (unpaired) electrons. The van der Waals surface area contributed by atoms with Crippen LogP contribution in [0.2, 0.25) is 0 Å². The van der Waals surface area contributed by atoms with E-state index in [4.69, 9.17) is 5.73 Å². The molecule has 1 aliphatic carbocycles. The Balaban J connectivity index is 2.48. The minimum atomic E-state index is -0.258. The van der Waals surface area contributed by atoms with Crippen molar-refractivity contribution in [1.29, 1.82) is 0 Å². The number of nitrogens with one attached hydrogen (secondary N) is 1. The smallest absolute Gasteiger partial charge is 0.227 e. The summed E-state index contributed by atoms with van der Waals surface area (Å²) in [6.07, 6.45) is 6.59. The lowest BCUT2D eigenvalue weighted by molar-refractivity contribution is -0.132. The molecule has 0 heterocycles. The first-order valence-corrected chi connectivity index (χ1v) is 6.63. The van der Waals surface area contributed by atoms with E-state index in [-0.39, 0.29) is 11.3 Å². The third-order valence-electron chi connectivity index (χ3n) is 3.99. The fourth-order valence-corrected chi connectivity index (χ4v) is 2.35. The highest BCUT2D eigenvalue weighted by Crippen LogP contribution is 2.35. The SMILES string of the molecule is CCC(C)CNC(=O)C1(CN)CCCCC1. The van der Waals surface area contributed by atoms with Crippen molar-refractivity contribution in [1.82, 2.24) is 5.32 Å². The molecule has 3 heteroatoms. The standard InChI is InChI=1S/C13H26N2O/c1-3-11(2)9-15-12(16)13(10-14)7-5-4-6-8-13/h11H,3-10,14H2,1-2H3,(H,15,16). The van der Waals surface area contributed by atoms with Crippen LogP contribution >= 0.6 is 0 Å². The molecule has 0 aromatic rings. The van der Waals surface area contributed by atoms with Crippen LogP contribution in [-0.2, 0) is 4.79 Å². The van der Waals surface area contributed by atoms with Gasteiger partial charge in [0.2, 0.25) is 5.91 Å². The van der Waals surface area contributed by atoms with Crippen molar-refractivity contribution >= 4 is 5.91 Å². The molecule has 1 rings (SSSR count). The summed E-state index contributed by atoms with van der Waals surface area (Å²) in [6.45, 7) is 5.60. The predicted molar refractivity (Wildman–Crippen MR) is 67.0 cm³/mol. The highest BCUT2D eigenvalue weighted by Gasteiger charge is 2.37. The number of amides is 1. The zero-order chi connectivity index (χ0) is 12.0. The van der Waals surface area contributed by atoms with Crippen molar-refractivity contribution in [3.8, 4) is 0 Å². The number of carbonyl (C=O) groups excluding carboxylic acids is 1. The summed E-state index contributed by atoms with van der Waals surface area (Å²) in [4.78, 5) is 12.2. The Labute approximate surface area is 99.2 Å². The summed E-state index contributed by atoms with van der Waals surface area (Å²) in [5, 5.41) is 3.08. The van der Waals surface area contributed by atoms with Crippen LogP contribution in [0.5, 0.6) is 0 Å². The van der Waals surface area contributed by atoms with E-state index < -0.39 is 0 Å². The molecule has 1 atom stereocenters. The van der Waals surface area contributed by atoms with Crippen molar-refractivity contribution in [2.75, 3.05) is 13.1 Å². The van der Waals surface area contributed by atoms with Gasteiger partial charge in [-0.2, -0.15) is 0 Å². The number of nitrogens with two attached hydrogens (primary N) is 1. The van der Waals surface area contributed by atoms with Crippen molar-refractivity contribution < 1.29 is 4.79 Å². The van der Waals surface area contributed by atoms with Gasteiger partial charge in [-0.1, -0.05) is 39.5 Å². The maximum absolute atomic E-state index is 12.2. The minimum absolute atomic E-state index is 0.190. The molecule has 0 spiro atoms. The molecule has 1 fully saturated rings. The maximum atomic E-state index is 12.2. The first kappa shape index (κ1) is 13.5. The monoisotopic (exact) mass is 226 g/mol. The largest absolute Gasteiger partial charge is 0.355 e. The third kappa shape index (κ3) is 3.21. The van der Waals surface area contributed by atoms with Crippen molar-refractivity contribution in [3.05, 3.63) is 0 Å². The van der Waals surface area contributed by atoms with Gasteiger partial charge >= 0.3 is 0 Å². The van der Waals surface area contributed by atoms with E-state index in [1.54, 1.807) is 0 Å². The van der Waals surface area contributed by atoms with E-state index in [9.17, 15) is 4.79 Å². The van der Waals surface area contributed by atoms with Gasteiger partial charge in [-0.05, 0) is 18.8 Å². The summed E-state index contributed by atoms with van der Waals surface area (Å²) in [7, 11) is 0. The average Bonchev–Trinajstić information content (AvgIpc) is 2.36. The number of hydrogen-bond acceptors (Lipinski definition) is 2. The molecule has 0 saturated heterocycles. The zero-order valence-corrected chi connectivity index (χ0v) is 10.7. The van der Waals surface area contributed by atoms with Gasteiger partial charge in [-0.3, -0.25) is 4.79 Å². The summed E-state index contributed by atoms with van der Waals surface area (Å²) >= 11 is 0. The van der Waals surface area contributed by atoms with Crippen LogP contribution in [-0.4, -0.2) is 19.0 Å². The first-order chi connectivity index (χ1) is 7.64. The molecule has 94 valence electrons. The Bertz CT molecular complexity index is 222. The average molecular weight is 226 g/mol. The third-order valence-corrected chi connectivity index (χ3v) is 3.99. The molecule has 1 saturated carbocycles. The number of carbonyl (C=O) groups is 1. The lowest BCUT2D eigenvalue weighted by Gasteiger charge is -2.34. The van der Waals surface area contributed by atoms with Gasteiger partial charge in [0.25, 0.3) is 0 Å². The molecule has 16 heavy (non-hydrogen) atoms. The topological polar surface area (TPSA) is 55.1 Å². The van der Waals surface area contributed by atoms with Crippen LogP contribution in [0.1, 0.15) is 52.4 Å². The zero-order valence-electron chi connectivity index (χ0n) is 10.7. The molecule has 3 nitrogen and oxygen atoms in total. The van der Waals surface area contributed by atoms with Crippen LogP contribution in [0.15, 0.2) is 0 Å². The van der Waals surface area contributed by atoms with Gasteiger partial charge in [-0.15, -0.1) is 0 Å². The maximum Gasteiger partial charge on any atom is 0.227 e. The summed E-state index contributed by atoms with van der Waals surface area (Å²) in [5.41, 5.74) is 5.56. The molecular weight excluding hydrogens is 200 g/mol. The fourth-order valence-electron chi connectivity index (χ4n) is 2.35. The van der Waals surface area contributed by atoms with Crippen LogP contribution in [0.3, 0.4) is 0 Å². The Morgan fingerprint density at radius 2 is 2.00 bits per heavy atom. The highest BCUT2D eigenvalue weighted by molar-refractivity contribution is 5.83. The van der Waals surface area contributed by atoms with Crippen molar-refractivity contribution in [3.63, 3.8) is 0 Å². The second kappa shape index (κ2) is 6.24. The number of rotatable bonds is 5. The minimum Gasteiger partial charge on any atom is -0.355 e. The van der Waals surface area contributed by atoms with E-state index in [1.807, 2.05) is 0 Å². The number of hydrogen-bond donors (Lipinski definition) is 2. The van der Waals surface area contributed by atoms with Gasteiger partial charge in [-0.25, -0.2) is 0 Å². The van der Waals surface area contributed by atoms with Crippen LogP contribution in [0.4, 0.5) is 0 Å². The van der Waals surface area contributed by atoms with E-state index in [0.29, 0.717) is 12.5 Å². The lowest BCUT2D eigenvalue weighted by atomic mass is 9.73. The molecule has 0 bridgehead atoms. The van der Waals surface area contributed by atoms with E-state index in [0.717, 1.165) is 38.6 Å². The Morgan fingerprint density at radius 3 is 2.50 bits per heavy atom. The van der Waals surface area contributed by atoms with Crippen molar-refractivity contribution in [2.45, 2.75) is 52.4 Å². The molecule has 0 aliphatic heterocycles. The quantitative estimate of drug-likeness (QED) is 0.754. The van der Waals surface area contributed by atoms with E-state index >= 15 is 0 Å². The highest BCUT2D eigenvalue weighted by atomic mass is 16.2. The summed E-state index contributed by atoms with van der Waals surface area (Å²) < 4.78 is 0. The molecular formula is C13H26N2O. The Kier molecular flexibility index (Phi) is 5.26. The molecule has 0 aromatic heterocycles. The molecule has 1 amide bonds. The van der Waals surface area contributed by atoms with Gasteiger partial charge in [0, 0.05) is 13.1 Å². The van der Waals surface area contributed by atoms with Crippen LogP contribution in [0, 0.1) is 11.3 Å². The first-order valence-electron chi connectivity index (χ1n) is 6.63. The predicted octanol–water partition coefficient (Wildman–Crippen LogP) is 2.06. The summed E-state index contributed by atoms with van der Waals surface area (Å²) in [5.74, 6) is 0.748. The van der Waals surface area contributed by atoms with E-state index in [2.05, 4.69) is 19.2 Å². The Hall–Kier alpha value is -0.570. The molecule has 3 N–H and O–H groups in total. The molecule has 0 aromatic carbocycles. The van der Waals surface area contributed by atoms with Crippen LogP contribution < -0.4 is 11.1 Å². The normalized spacial score (nSPS) is 21.4. The van der Waals surface area contributed by atoms with Gasteiger partial charge in [0.1, 0.15) is 0 Å². The summed E-state index contributed by atoms with van der Waals surface area (Å²) in [6, 6.07) is 0. The van der Waals surface area contributed by atoms with Gasteiger partial charge < -0.3 is 11.1 Å². The Morgan fingerprint density at radius 1 is 1.38 bits per heavy atom. The lowest BCUT2D eigenvalue weighted by Crippen LogP contribution is -2.48.